The van der Waals surface area contributed by atoms with Crippen molar-refractivity contribution in [1.82, 2.24) is 9.73 Å². The van der Waals surface area contributed by atoms with Crippen LogP contribution in [0.4, 0.5) is 0 Å². The minimum Gasteiger partial charge on any atom is -0.272 e. The average Bonchev–Trinajstić information content (AvgIpc) is 2.83. The fourth-order valence-corrected chi connectivity index (χ4v) is 4.80. The molecule has 3 rings (SSSR count). The number of carbonyl (C=O) groups is 1. The first-order valence-electron chi connectivity index (χ1n) is 11.0. The molecule has 0 unspecified atom stereocenters. The van der Waals surface area contributed by atoms with Crippen LogP contribution in [0.1, 0.15) is 36.5 Å². The second-order valence-corrected chi connectivity index (χ2v) is 10.5. The van der Waals surface area contributed by atoms with E-state index in [1.807, 2.05) is 54.6 Å². The number of sulfonamides is 1. The summed E-state index contributed by atoms with van der Waals surface area (Å²) in [6.45, 7) is 4.01. The zero-order chi connectivity index (χ0) is 24.6. The molecule has 0 aliphatic carbocycles. The Kier molecular flexibility index (Phi) is 8.98. The van der Waals surface area contributed by atoms with E-state index >= 15 is 0 Å². The number of benzene rings is 3. The molecule has 0 atom stereocenters. The van der Waals surface area contributed by atoms with Gasteiger partial charge in [0.25, 0.3) is 5.91 Å². The van der Waals surface area contributed by atoms with E-state index in [1.165, 1.54) is 36.0 Å². The Morgan fingerprint density at radius 2 is 1.65 bits per heavy atom. The first kappa shape index (κ1) is 25.6. The lowest BCUT2D eigenvalue weighted by Crippen LogP contribution is -2.40. The normalized spacial score (nSPS) is 11.9. The Morgan fingerprint density at radius 3 is 2.26 bits per heavy atom. The number of nitrogens with zero attached hydrogens (tertiary/aromatic N) is 2. The van der Waals surface area contributed by atoms with Gasteiger partial charge in [-0.15, -0.1) is 0 Å². The summed E-state index contributed by atoms with van der Waals surface area (Å²) in [5, 5.41) is 4.42. The highest BCUT2D eigenvalue weighted by molar-refractivity contribution is 7.89. The fraction of sp³-hybridized carbons (Fsp3) is 0.231. The van der Waals surface area contributed by atoms with E-state index in [9.17, 15) is 13.2 Å². The van der Waals surface area contributed by atoms with Crippen molar-refractivity contribution in [3.8, 4) is 0 Å². The molecule has 0 aliphatic heterocycles. The molecule has 0 radical (unpaired) electrons. The van der Waals surface area contributed by atoms with Gasteiger partial charge in [0.15, 0.2) is 0 Å². The molecule has 3 aromatic carbocycles. The summed E-state index contributed by atoms with van der Waals surface area (Å²) in [7, 11) is -3.91. The third kappa shape index (κ3) is 7.25. The van der Waals surface area contributed by atoms with Crippen molar-refractivity contribution in [2.24, 2.45) is 5.10 Å². The van der Waals surface area contributed by atoms with Gasteiger partial charge in [0.1, 0.15) is 0 Å². The van der Waals surface area contributed by atoms with Gasteiger partial charge >= 0.3 is 0 Å². The van der Waals surface area contributed by atoms with Crippen molar-refractivity contribution in [3.63, 3.8) is 0 Å². The Bertz CT molecular complexity index is 1210. The highest BCUT2D eigenvalue weighted by atomic mass is 35.5. The van der Waals surface area contributed by atoms with Gasteiger partial charge in [0, 0.05) is 11.6 Å². The fourth-order valence-electron chi connectivity index (χ4n) is 3.28. The molecule has 0 saturated heterocycles. The number of carbonyl (C=O) groups excluding carboxylic acids is 1. The average molecular weight is 498 g/mol. The zero-order valence-electron chi connectivity index (χ0n) is 19.2. The maximum Gasteiger partial charge on any atom is 0.255 e. The van der Waals surface area contributed by atoms with E-state index in [0.29, 0.717) is 17.4 Å². The Balaban J connectivity index is 1.70. The van der Waals surface area contributed by atoms with Crippen molar-refractivity contribution < 1.29 is 13.2 Å². The first-order chi connectivity index (χ1) is 16.3. The van der Waals surface area contributed by atoms with Crippen LogP contribution in [-0.4, -0.2) is 37.9 Å². The smallest absolute Gasteiger partial charge is 0.255 e. The molecule has 0 saturated carbocycles. The summed E-state index contributed by atoms with van der Waals surface area (Å²) in [6, 6.07) is 23.3. The van der Waals surface area contributed by atoms with Crippen LogP contribution in [0, 0.1) is 0 Å². The molecule has 0 aromatic heterocycles. The summed E-state index contributed by atoms with van der Waals surface area (Å²) in [4.78, 5) is 12.7. The second kappa shape index (κ2) is 11.9. The quantitative estimate of drug-likeness (QED) is 0.321. The molecule has 1 amide bonds. The number of hydrazone groups is 1. The van der Waals surface area contributed by atoms with Crippen molar-refractivity contribution in [1.29, 1.82) is 0 Å². The predicted octanol–water partition coefficient (Wildman–Crippen LogP) is 4.85. The van der Waals surface area contributed by atoms with E-state index in [0.717, 1.165) is 15.4 Å². The summed E-state index contributed by atoms with van der Waals surface area (Å²) >= 11 is 5.91. The number of hydrogen-bond donors (Lipinski definition) is 1. The summed E-state index contributed by atoms with van der Waals surface area (Å²) < 4.78 is 27.7. The van der Waals surface area contributed by atoms with Crippen LogP contribution in [0.25, 0.3) is 0 Å². The van der Waals surface area contributed by atoms with Crippen molar-refractivity contribution in [2.45, 2.75) is 31.1 Å². The highest BCUT2D eigenvalue weighted by Gasteiger charge is 2.26. The molecule has 8 heteroatoms. The molecular formula is C26H28ClN3O3S. The minimum atomic E-state index is -3.91. The molecule has 3 aromatic rings. The van der Waals surface area contributed by atoms with Crippen LogP contribution in [0.15, 0.2) is 88.9 Å². The number of nitrogens with one attached hydrogen (secondary N) is 1. The van der Waals surface area contributed by atoms with Gasteiger partial charge in [-0.2, -0.15) is 9.41 Å². The largest absolute Gasteiger partial charge is 0.272 e. The van der Waals surface area contributed by atoms with Crippen LogP contribution in [0.5, 0.6) is 0 Å². The minimum absolute atomic E-state index is 0.0755. The van der Waals surface area contributed by atoms with Gasteiger partial charge in [-0.25, -0.2) is 13.8 Å². The second-order valence-electron chi connectivity index (χ2n) is 8.14. The van der Waals surface area contributed by atoms with Crippen molar-refractivity contribution in [3.05, 3.63) is 101 Å². The lowest BCUT2D eigenvalue weighted by atomic mass is 10.0. The Labute approximate surface area is 206 Å². The molecule has 1 N–H and O–H groups in total. The van der Waals surface area contributed by atoms with Crippen LogP contribution in [-0.2, 0) is 21.2 Å². The maximum atomic E-state index is 13.2. The SMILES string of the molecule is CC(C)c1ccc(/C=N\NC(=O)CN(CCc2ccccc2)S(=O)(=O)c2ccc(Cl)cc2)cc1. The molecule has 6 nitrogen and oxygen atoms in total. The first-order valence-corrected chi connectivity index (χ1v) is 12.8. The van der Waals surface area contributed by atoms with Crippen LogP contribution < -0.4 is 5.43 Å². The predicted molar refractivity (Wildman–Crippen MR) is 137 cm³/mol. The number of hydrogen-bond acceptors (Lipinski definition) is 4. The van der Waals surface area contributed by atoms with Crippen molar-refractivity contribution >= 4 is 33.7 Å². The molecule has 178 valence electrons. The lowest BCUT2D eigenvalue weighted by molar-refractivity contribution is -0.121. The molecule has 0 aliphatic rings. The van der Waals surface area contributed by atoms with Gasteiger partial charge in [0.2, 0.25) is 10.0 Å². The molecule has 0 heterocycles. The molecule has 0 bridgehead atoms. The standard InChI is InChI=1S/C26H28ClN3O3S/c1-20(2)23-10-8-22(9-11-23)18-28-29-26(31)19-30(17-16-21-6-4-3-5-7-21)34(32,33)25-14-12-24(27)13-15-25/h3-15,18,20H,16-17,19H2,1-2H3,(H,29,31)/b28-18-. The summed E-state index contributed by atoms with van der Waals surface area (Å²) in [6.07, 6.45) is 2.00. The Morgan fingerprint density at radius 1 is 1.00 bits per heavy atom. The third-order valence-corrected chi connectivity index (χ3v) is 7.38. The number of amides is 1. The van der Waals surface area contributed by atoms with Gasteiger partial charge < -0.3 is 0 Å². The third-order valence-electron chi connectivity index (χ3n) is 5.27. The van der Waals surface area contributed by atoms with Gasteiger partial charge in [-0.3, -0.25) is 4.79 Å². The van der Waals surface area contributed by atoms with E-state index < -0.39 is 15.9 Å². The topological polar surface area (TPSA) is 78.8 Å². The van der Waals surface area contributed by atoms with E-state index in [-0.39, 0.29) is 18.0 Å². The zero-order valence-corrected chi connectivity index (χ0v) is 20.8. The monoisotopic (exact) mass is 497 g/mol. The van der Waals surface area contributed by atoms with E-state index in [1.54, 1.807) is 0 Å². The molecule has 0 spiro atoms. The molecular weight excluding hydrogens is 470 g/mol. The summed E-state index contributed by atoms with van der Waals surface area (Å²) in [5.74, 6) is -0.101. The molecule has 0 fully saturated rings. The molecule has 34 heavy (non-hydrogen) atoms. The highest BCUT2D eigenvalue weighted by Crippen LogP contribution is 2.19. The van der Waals surface area contributed by atoms with E-state index in [2.05, 4.69) is 24.4 Å². The van der Waals surface area contributed by atoms with Gasteiger partial charge in [-0.05, 0) is 53.3 Å². The van der Waals surface area contributed by atoms with Crippen molar-refractivity contribution in [2.75, 3.05) is 13.1 Å². The van der Waals surface area contributed by atoms with Crippen LogP contribution in [0.3, 0.4) is 0 Å². The number of halogens is 1. The van der Waals surface area contributed by atoms with Crippen LogP contribution in [0.2, 0.25) is 5.02 Å². The van der Waals surface area contributed by atoms with Gasteiger partial charge in [-0.1, -0.05) is 80.0 Å². The van der Waals surface area contributed by atoms with Crippen LogP contribution >= 0.6 is 11.6 Å². The Hall–Kier alpha value is -3.00. The number of rotatable bonds is 10. The maximum absolute atomic E-state index is 13.2. The summed E-state index contributed by atoms with van der Waals surface area (Å²) in [5.41, 5.74) is 5.45. The van der Waals surface area contributed by atoms with Gasteiger partial charge in [0.05, 0.1) is 17.7 Å². The lowest BCUT2D eigenvalue weighted by Gasteiger charge is -2.21. The van der Waals surface area contributed by atoms with E-state index in [4.69, 9.17) is 11.6 Å².